The van der Waals surface area contributed by atoms with Gasteiger partial charge in [-0.15, -0.1) is 0 Å². The third kappa shape index (κ3) is 1.91. The lowest BCUT2D eigenvalue weighted by Gasteiger charge is -2.19. The van der Waals surface area contributed by atoms with Crippen LogP contribution in [0, 0.1) is 17.8 Å². The molecule has 0 amide bonds. The predicted octanol–water partition coefficient (Wildman–Crippen LogP) is 3.95. The molecule has 2 bridgehead atoms. The molecule has 0 saturated heterocycles. The Hall–Kier alpha value is -1.48. The third-order valence-corrected chi connectivity index (χ3v) is 3.77. The van der Waals surface area contributed by atoms with Gasteiger partial charge in [0.05, 0.1) is 0 Å². The van der Waals surface area contributed by atoms with Crippen LogP contribution in [0.1, 0.15) is 19.3 Å². The second kappa shape index (κ2) is 4.18. The van der Waals surface area contributed by atoms with Crippen LogP contribution in [0.25, 0.3) is 0 Å². The van der Waals surface area contributed by atoms with Crippen molar-refractivity contribution in [2.24, 2.45) is 17.8 Å². The van der Waals surface area contributed by atoms with Crippen LogP contribution >= 0.6 is 0 Å². The van der Waals surface area contributed by atoms with Gasteiger partial charge in [-0.05, 0) is 43.3 Å². The van der Waals surface area contributed by atoms with Crippen LogP contribution < -0.4 is 0 Å². The average molecular weight is 208 g/mol. The Morgan fingerprint density at radius 3 is 3.00 bits per heavy atom. The van der Waals surface area contributed by atoms with Gasteiger partial charge in [0, 0.05) is 5.92 Å². The molecule has 0 fully saturated rings. The highest BCUT2D eigenvalue weighted by atomic mass is 14.3. The van der Waals surface area contributed by atoms with E-state index in [1.165, 1.54) is 19.3 Å². The topological polar surface area (TPSA) is 0 Å². The summed E-state index contributed by atoms with van der Waals surface area (Å²) in [6.45, 7) is 0. The van der Waals surface area contributed by atoms with E-state index < -0.39 is 0 Å². The molecule has 80 valence electrons. The Bertz CT molecular complexity index is 460. The molecule has 3 aliphatic carbocycles. The molecule has 3 unspecified atom stereocenters. The minimum atomic E-state index is 0.555. The highest BCUT2D eigenvalue weighted by molar-refractivity contribution is 5.35. The van der Waals surface area contributed by atoms with Gasteiger partial charge in [0.15, 0.2) is 0 Å². The fraction of sp³-hybridized carbons (Fsp3) is 0.375. The molecule has 3 aliphatic rings. The molecule has 0 heteroatoms. The molecule has 0 N–H and O–H groups in total. The van der Waals surface area contributed by atoms with E-state index in [9.17, 15) is 0 Å². The Morgan fingerprint density at radius 2 is 2.19 bits per heavy atom. The lowest BCUT2D eigenvalue weighted by molar-refractivity contribution is 0.413. The third-order valence-electron chi connectivity index (χ3n) is 3.77. The molecule has 16 heavy (non-hydrogen) atoms. The van der Waals surface area contributed by atoms with Gasteiger partial charge in [-0.1, -0.05) is 47.4 Å². The second-order valence-electron chi connectivity index (χ2n) is 4.89. The number of rotatable bonds is 3. The SMILES string of the molecule is C1=C=CC(CCC2CC3=CC2C=C3)C=CC=1. The van der Waals surface area contributed by atoms with Gasteiger partial charge in [-0.2, -0.15) is 0 Å². The van der Waals surface area contributed by atoms with E-state index in [0.29, 0.717) is 5.92 Å². The minimum absolute atomic E-state index is 0.555. The first kappa shape index (κ1) is 9.73. The number of fused-ring (bicyclic) bond motifs is 1. The van der Waals surface area contributed by atoms with Crippen molar-refractivity contribution in [3.05, 3.63) is 59.6 Å². The molecule has 0 aliphatic heterocycles. The summed E-state index contributed by atoms with van der Waals surface area (Å²) in [5.74, 6) is 2.16. The molecule has 0 aromatic rings. The van der Waals surface area contributed by atoms with E-state index in [-0.39, 0.29) is 0 Å². The lowest BCUT2D eigenvalue weighted by atomic mass is 9.85. The van der Waals surface area contributed by atoms with Crippen molar-refractivity contribution in [1.29, 1.82) is 0 Å². The van der Waals surface area contributed by atoms with Gasteiger partial charge >= 0.3 is 0 Å². The summed E-state index contributed by atoms with van der Waals surface area (Å²) in [7, 11) is 0. The van der Waals surface area contributed by atoms with Crippen molar-refractivity contribution in [2.45, 2.75) is 19.3 Å². The molecule has 0 heterocycles. The quantitative estimate of drug-likeness (QED) is 0.616. The summed E-state index contributed by atoms with van der Waals surface area (Å²) in [6.07, 6.45) is 19.4. The normalized spacial score (nSPS) is 33.5. The van der Waals surface area contributed by atoms with E-state index in [0.717, 1.165) is 11.8 Å². The van der Waals surface area contributed by atoms with E-state index in [1.54, 1.807) is 5.57 Å². The molecular weight excluding hydrogens is 192 g/mol. The molecule has 0 saturated carbocycles. The van der Waals surface area contributed by atoms with Crippen molar-refractivity contribution < 1.29 is 0 Å². The van der Waals surface area contributed by atoms with Crippen LogP contribution in [0.4, 0.5) is 0 Å². The van der Waals surface area contributed by atoms with Crippen molar-refractivity contribution in [2.75, 3.05) is 0 Å². The fourth-order valence-electron chi connectivity index (χ4n) is 2.85. The smallest absolute Gasteiger partial charge is 0.00323 e. The Labute approximate surface area is 97.1 Å². The highest BCUT2D eigenvalue weighted by Gasteiger charge is 2.28. The lowest BCUT2D eigenvalue weighted by Crippen LogP contribution is -2.09. The Balaban J connectivity index is 1.55. The molecule has 0 nitrogen and oxygen atoms in total. The highest BCUT2D eigenvalue weighted by Crippen LogP contribution is 2.40. The van der Waals surface area contributed by atoms with E-state index in [1.807, 2.05) is 6.08 Å². The predicted molar refractivity (Wildman–Crippen MR) is 66.9 cm³/mol. The first-order chi connectivity index (χ1) is 7.92. The standard InChI is InChI=1S/C16H16/c1-2-4-6-13(5-3-1)7-9-15-11-14-8-10-16(15)12-14/h1,3,5-6,8,10,12-13,15-16H,7,9,11H2. The maximum absolute atomic E-state index is 3.09. The summed E-state index contributed by atoms with van der Waals surface area (Å²) in [6, 6.07) is 0. The largest absolute Gasteiger partial charge is 0.0771 e. The Morgan fingerprint density at radius 1 is 1.19 bits per heavy atom. The maximum atomic E-state index is 3.09. The Kier molecular flexibility index (Phi) is 2.54. The summed E-state index contributed by atoms with van der Waals surface area (Å²) in [4.78, 5) is 0. The number of allylic oxidation sites excluding steroid dienone is 8. The van der Waals surface area contributed by atoms with Gasteiger partial charge in [0.2, 0.25) is 0 Å². The molecule has 3 atom stereocenters. The number of hydrogen-bond acceptors (Lipinski definition) is 0. The minimum Gasteiger partial charge on any atom is -0.0771 e. The zero-order valence-electron chi connectivity index (χ0n) is 9.39. The fourth-order valence-corrected chi connectivity index (χ4v) is 2.85. The molecule has 0 radical (unpaired) electrons. The van der Waals surface area contributed by atoms with Crippen LogP contribution in [0.15, 0.2) is 59.6 Å². The van der Waals surface area contributed by atoms with E-state index >= 15 is 0 Å². The monoisotopic (exact) mass is 208 g/mol. The van der Waals surface area contributed by atoms with Crippen molar-refractivity contribution >= 4 is 0 Å². The summed E-state index contributed by atoms with van der Waals surface area (Å²) < 4.78 is 0. The van der Waals surface area contributed by atoms with E-state index in [2.05, 4.69) is 47.9 Å². The molecule has 0 aromatic heterocycles. The molecular formula is C16H16. The van der Waals surface area contributed by atoms with Gasteiger partial charge in [0.25, 0.3) is 0 Å². The van der Waals surface area contributed by atoms with E-state index in [4.69, 9.17) is 0 Å². The van der Waals surface area contributed by atoms with Gasteiger partial charge < -0.3 is 0 Å². The average Bonchev–Trinajstić information content (AvgIpc) is 2.82. The van der Waals surface area contributed by atoms with Gasteiger partial charge in [0.1, 0.15) is 0 Å². The van der Waals surface area contributed by atoms with Crippen LogP contribution in [0.5, 0.6) is 0 Å². The van der Waals surface area contributed by atoms with Crippen LogP contribution in [-0.4, -0.2) is 0 Å². The molecule has 3 rings (SSSR count). The van der Waals surface area contributed by atoms with Crippen molar-refractivity contribution in [3.8, 4) is 0 Å². The summed E-state index contributed by atoms with van der Waals surface area (Å²) >= 11 is 0. The molecule has 0 spiro atoms. The second-order valence-corrected chi connectivity index (χ2v) is 4.89. The van der Waals surface area contributed by atoms with Crippen LogP contribution in [-0.2, 0) is 0 Å². The first-order valence-corrected chi connectivity index (χ1v) is 6.15. The first-order valence-electron chi connectivity index (χ1n) is 6.15. The van der Waals surface area contributed by atoms with Crippen molar-refractivity contribution in [1.82, 2.24) is 0 Å². The zero-order valence-corrected chi connectivity index (χ0v) is 9.39. The maximum Gasteiger partial charge on any atom is 0.00323 e. The molecule has 0 aromatic carbocycles. The summed E-state index contributed by atoms with van der Waals surface area (Å²) in [5, 5.41) is 0. The van der Waals surface area contributed by atoms with Gasteiger partial charge in [-0.25, -0.2) is 0 Å². The summed E-state index contributed by atoms with van der Waals surface area (Å²) in [5.41, 5.74) is 7.64. The van der Waals surface area contributed by atoms with Crippen molar-refractivity contribution in [3.63, 3.8) is 0 Å². The van der Waals surface area contributed by atoms with Crippen LogP contribution in [0.3, 0.4) is 0 Å². The zero-order chi connectivity index (χ0) is 10.8. The van der Waals surface area contributed by atoms with Gasteiger partial charge in [-0.3, -0.25) is 0 Å². The number of hydrogen-bond donors (Lipinski definition) is 0. The van der Waals surface area contributed by atoms with Crippen LogP contribution in [0.2, 0.25) is 0 Å².